The highest BCUT2D eigenvalue weighted by molar-refractivity contribution is 5.72. The summed E-state index contributed by atoms with van der Waals surface area (Å²) in [7, 11) is 3.00. The third kappa shape index (κ3) is 2.90. The lowest BCUT2D eigenvalue weighted by Gasteiger charge is -2.07. The maximum Gasteiger partial charge on any atom is 0.345 e. The van der Waals surface area contributed by atoms with E-state index in [0.717, 1.165) is 11.1 Å². The molecule has 0 aliphatic rings. The number of rotatable bonds is 4. The first kappa shape index (κ1) is 13.1. The van der Waals surface area contributed by atoms with E-state index in [1.807, 2.05) is 24.3 Å². The second-order valence-corrected chi connectivity index (χ2v) is 4.20. The molecule has 0 saturated heterocycles. The second-order valence-electron chi connectivity index (χ2n) is 4.20. The Morgan fingerprint density at radius 1 is 1.32 bits per heavy atom. The largest absolute Gasteiger partial charge is 0.469 e. The summed E-state index contributed by atoms with van der Waals surface area (Å²) in [5, 5.41) is 4.00. The summed E-state index contributed by atoms with van der Waals surface area (Å²) in [5.74, 6) is -0.305. The molecule has 0 atom stereocenters. The summed E-state index contributed by atoms with van der Waals surface area (Å²) in [4.78, 5) is 23.1. The van der Waals surface area contributed by atoms with E-state index < -0.39 is 0 Å². The lowest BCUT2D eigenvalue weighted by molar-refractivity contribution is -0.139. The van der Waals surface area contributed by atoms with Crippen molar-refractivity contribution in [2.75, 3.05) is 7.11 Å². The smallest absolute Gasteiger partial charge is 0.345 e. The van der Waals surface area contributed by atoms with Gasteiger partial charge in [0.25, 0.3) is 0 Å². The van der Waals surface area contributed by atoms with Crippen LogP contribution in [-0.4, -0.2) is 27.4 Å². The molecule has 0 unspecified atom stereocenters. The maximum absolute atomic E-state index is 11.7. The van der Waals surface area contributed by atoms with E-state index in [2.05, 4.69) is 9.84 Å². The number of methoxy groups -OCH3 is 1. The van der Waals surface area contributed by atoms with Crippen molar-refractivity contribution in [2.45, 2.75) is 13.0 Å². The SMILES string of the molecule is COC(=O)Cc1ccccc1Cn1ncn(C)c1=O. The van der Waals surface area contributed by atoms with Gasteiger partial charge in [0.1, 0.15) is 6.33 Å². The lowest BCUT2D eigenvalue weighted by atomic mass is 10.0. The van der Waals surface area contributed by atoms with Gasteiger partial charge in [-0.3, -0.25) is 9.36 Å². The molecule has 0 aliphatic carbocycles. The molecule has 100 valence electrons. The summed E-state index contributed by atoms with van der Waals surface area (Å²) in [6.45, 7) is 0.340. The van der Waals surface area contributed by atoms with E-state index >= 15 is 0 Å². The molecule has 0 bridgehead atoms. The first-order chi connectivity index (χ1) is 9.11. The van der Waals surface area contributed by atoms with E-state index in [0.29, 0.717) is 6.54 Å². The van der Waals surface area contributed by atoms with Crippen LogP contribution >= 0.6 is 0 Å². The number of benzene rings is 1. The normalized spacial score (nSPS) is 10.4. The van der Waals surface area contributed by atoms with Gasteiger partial charge < -0.3 is 4.74 Å². The van der Waals surface area contributed by atoms with Crippen molar-refractivity contribution in [2.24, 2.45) is 7.05 Å². The molecule has 1 aromatic heterocycles. The predicted octanol–water partition coefficient (Wildman–Crippen LogP) is 0.346. The molecule has 2 rings (SSSR count). The van der Waals surface area contributed by atoms with Crippen LogP contribution in [-0.2, 0) is 29.5 Å². The summed E-state index contributed by atoms with van der Waals surface area (Å²) in [5.41, 5.74) is 1.54. The first-order valence-electron chi connectivity index (χ1n) is 5.84. The van der Waals surface area contributed by atoms with Gasteiger partial charge in [-0.15, -0.1) is 0 Å². The van der Waals surface area contributed by atoms with Crippen LogP contribution in [0.4, 0.5) is 0 Å². The molecule has 19 heavy (non-hydrogen) atoms. The fraction of sp³-hybridized carbons (Fsp3) is 0.308. The fourth-order valence-corrected chi connectivity index (χ4v) is 1.80. The van der Waals surface area contributed by atoms with Crippen LogP contribution < -0.4 is 5.69 Å². The molecule has 0 radical (unpaired) electrons. The number of esters is 1. The number of aromatic nitrogens is 3. The number of carbonyl (C=O) groups excluding carboxylic acids is 1. The van der Waals surface area contributed by atoms with Gasteiger partial charge in [0.15, 0.2) is 0 Å². The summed E-state index contributed by atoms with van der Waals surface area (Å²) >= 11 is 0. The zero-order valence-electron chi connectivity index (χ0n) is 10.9. The molecule has 0 spiro atoms. The van der Waals surface area contributed by atoms with Gasteiger partial charge in [0, 0.05) is 7.05 Å². The van der Waals surface area contributed by atoms with E-state index in [1.54, 1.807) is 7.05 Å². The third-order valence-electron chi connectivity index (χ3n) is 2.89. The van der Waals surface area contributed by atoms with Crippen molar-refractivity contribution in [3.05, 3.63) is 52.2 Å². The van der Waals surface area contributed by atoms with Crippen LogP contribution in [0.15, 0.2) is 35.4 Å². The first-order valence-corrected chi connectivity index (χ1v) is 5.84. The van der Waals surface area contributed by atoms with Gasteiger partial charge >= 0.3 is 11.7 Å². The van der Waals surface area contributed by atoms with Gasteiger partial charge in [-0.05, 0) is 11.1 Å². The Labute approximate surface area is 110 Å². The van der Waals surface area contributed by atoms with Gasteiger partial charge in [-0.25, -0.2) is 9.48 Å². The van der Waals surface area contributed by atoms with E-state index in [1.165, 1.54) is 22.7 Å². The monoisotopic (exact) mass is 261 g/mol. The fourth-order valence-electron chi connectivity index (χ4n) is 1.80. The average molecular weight is 261 g/mol. The minimum Gasteiger partial charge on any atom is -0.469 e. The molecule has 0 N–H and O–H groups in total. The van der Waals surface area contributed by atoms with Gasteiger partial charge in [0.05, 0.1) is 20.1 Å². The zero-order chi connectivity index (χ0) is 13.8. The molecule has 1 aromatic carbocycles. The number of hydrogen-bond donors (Lipinski definition) is 0. The minimum absolute atomic E-state index is 0.187. The minimum atomic E-state index is -0.305. The topological polar surface area (TPSA) is 66.1 Å². The maximum atomic E-state index is 11.7. The number of aryl methyl sites for hydroxylation is 1. The van der Waals surface area contributed by atoms with Gasteiger partial charge in [-0.2, -0.15) is 5.10 Å². The van der Waals surface area contributed by atoms with Crippen molar-refractivity contribution in [1.82, 2.24) is 14.3 Å². The Balaban J connectivity index is 2.27. The van der Waals surface area contributed by atoms with Gasteiger partial charge in [0.2, 0.25) is 0 Å². The Bertz CT molecular complexity index is 643. The van der Waals surface area contributed by atoms with Crippen LogP contribution in [0.3, 0.4) is 0 Å². The Morgan fingerprint density at radius 2 is 2.00 bits per heavy atom. The van der Waals surface area contributed by atoms with Crippen LogP contribution in [0.1, 0.15) is 11.1 Å². The molecule has 6 heteroatoms. The van der Waals surface area contributed by atoms with Crippen LogP contribution in [0.5, 0.6) is 0 Å². The van der Waals surface area contributed by atoms with Crippen molar-refractivity contribution >= 4 is 5.97 Å². The van der Waals surface area contributed by atoms with Crippen LogP contribution in [0.2, 0.25) is 0 Å². The van der Waals surface area contributed by atoms with Crippen molar-refractivity contribution in [1.29, 1.82) is 0 Å². The Morgan fingerprint density at radius 3 is 2.58 bits per heavy atom. The van der Waals surface area contributed by atoms with Crippen LogP contribution in [0.25, 0.3) is 0 Å². The summed E-state index contributed by atoms with van der Waals surface area (Å²) < 4.78 is 7.42. The van der Waals surface area contributed by atoms with E-state index in [4.69, 9.17) is 0 Å². The highest BCUT2D eigenvalue weighted by atomic mass is 16.5. The highest BCUT2D eigenvalue weighted by Gasteiger charge is 2.10. The Hall–Kier alpha value is -2.37. The lowest BCUT2D eigenvalue weighted by Crippen LogP contribution is -2.24. The van der Waals surface area contributed by atoms with Crippen molar-refractivity contribution < 1.29 is 9.53 Å². The summed E-state index contributed by atoms with van der Waals surface area (Å²) in [6, 6.07) is 7.44. The highest BCUT2D eigenvalue weighted by Crippen LogP contribution is 2.11. The molecule has 1 heterocycles. The second kappa shape index (κ2) is 5.51. The van der Waals surface area contributed by atoms with E-state index in [-0.39, 0.29) is 18.1 Å². The number of ether oxygens (including phenoxy) is 1. The van der Waals surface area contributed by atoms with Crippen molar-refractivity contribution in [3.8, 4) is 0 Å². The number of carbonyl (C=O) groups is 1. The quantitative estimate of drug-likeness (QED) is 0.745. The molecule has 0 amide bonds. The number of nitrogens with zero attached hydrogens (tertiary/aromatic N) is 3. The Kier molecular flexibility index (Phi) is 3.79. The zero-order valence-corrected chi connectivity index (χ0v) is 10.9. The molecular formula is C13H15N3O3. The standard InChI is InChI=1S/C13H15N3O3/c1-15-9-14-16(13(15)18)8-11-6-4-3-5-10(11)7-12(17)19-2/h3-6,9H,7-8H2,1-2H3. The molecular weight excluding hydrogens is 246 g/mol. The molecule has 6 nitrogen and oxygen atoms in total. The molecule has 0 aliphatic heterocycles. The van der Waals surface area contributed by atoms with E-state index in [9.17, 15) is 9.59 Å². The molecule has 2 aromatic rings. The van der Waals surface area contributed by atoms with Gasteiger partial charge in [-0.1, -0.05) is 24.3 Å². The van der Waals surface area contributed by atoms with Crippen molar-refractivity contribution in [3.63, 3.8) is 0 Å². The third-order valence-corrected chi connectivity index (χ3v) is 2.89. The predicted molar refractivity (Wildman–Crippen MR) is 68.7 cm³/mol. The average Bonchev–Trinajstić information content (AvgIpc) is 2.73. The molecule has 0 fully saturated rings. The molecule has 0 saturated carbocycles. The number of hydrogen-bond acceptors (Lipinski definition) is 4. The summed E-state index contributed by atoms with van der Waals surface area (Å²) in [6.07, 6.45) is 1.65. The van der Waals surface area contributed by atoms with Crippen LogP contribution in [0, 0.1) is 0 Å².